The monoisotopic (exact) mass is 412 g/mol. The first kappa shape index (κ1) is 19.2. The SMILES string of the molecule is Cc1c(OCc2ccc(F)cc2Cl)ccc2c1O/C(=C\c1cccc(F)c1)C2=O. The van der Waals surface area contributed by atoms with E-state index < -0.39 is 11.6 Å². The summed E-state index contributed by atoms with van der Waals surface area (Å²) in [6.07, 6.45) is 1.50. The molecule has 0 fully saturated rings. The molecule has 0 aliphatic carbocycles. The molecule has 0 bridgehead atoms. The first-order valence-corrected chi connectivity index (χ1v) is 9.20. The van der Waals surface area contributed by atoms with Gasteiger partial charge in [0, 0.05) is 11.1 Å². The van der Waals surface area contributed by atoms with E-state index in [-0.39, 0.29) is 23.2 Å². The molecule has 6 heteroatoms. The zero-order valence-electron chi connectivity index (χ0n) is 15.3. The molecular weight excluding hydrogens is 398 g/mol. The minimum absolute atomic E-state index is 0.118. The van der Waals surface area contributed by atoms with Gasteiger partial charge < -0.3 is 9.47 Å². The lowest BCUT2D eigenvalue weighted by Gasteiger charge is -2.12. The van der Waals surface area contributed by atoms with Gasteiger partial charge in [0.15, 0.2) is 5.76 Å². The first-order chi connectivity index (χ1) is 13.9. The van der Waals surface area contributed by atoms with E-state index in [2.05, 4.69) is 0 Å². The van der Waals surface area contributed by atoms with Crippen LogP contribution in [0, 0.1) is 18.6 Å². The van der Waals surface area contributed by atoms with Crippen molar-refractivity contribution in [2.24, 2.45) is 0 Å². The molecule has 29 heavy (non-hydrogen) atoms. The van der Waals surface area contributed by atoms with Gasteiger partial charge in [-0.15, -0.1) is 0 Å². The summed E-state index contributed by atoms with van der Waals surface area (Å²) in [5.74, 6) is -0.0529. The van der Waals surface area contributed by atoms with Gasteiger partial charge in [-0.05, 0) is 55.0 Å². The number of ether oxygens (including phenoxy) is 2. The first-order valence-electron chi connectivity index (χ1n) is 8.82. The Morgan fingerprint density at radius 2 is 1.86 bits per heavy atom. The average molecular weight is 413 g/mol. The molecule has 3 aromatic rings. The van der Waals surface area contributed by atoms with Crippen molar-refractivity contribution < 1.29 is 23.0 Å². The number of rotatable bonds is 4. The molecule has 1 aliphatic rings. The van der Waals surface area contributed by atoms with Crippen molar-refractivity contribution in [1.29, 1.82) is 0 Å². The lowest BCUT2D eigenvalue weighted by atomic mass is 10.1. The largest absolute Gasteiger partial charge is 0.488 e. The molecule has 0 amide bonds. The lowest BCUT2D eigenvalue weighted by molar-refractivity contribution is 0.101. The predicted octanol–water partition coefficient (Wildman–Crippen LogP) is 6.12. The Balaban J connectivity index is 1.58. The van der Waals surface area contributed by atoms with E-state index in [0.717, 1.165) is 0 Å². The van der Waals surface area contributed by atoms with Crippen molar-refractivity contribution in [3.8, 4) is 11.5 Å². The van der Waals surface area contributed by atoms with Crippen molar-refractivity contribution in [3.05, 3.63) is 99.3 Å². The third-order valence-corrected chi connectivity index (χ3v) is 4.93. The number of hydrogen-bond acceptors (Lipinski definition) is 3. The Morgan fingerprint density at radius 3 is 2.62 bits per heavy atom. The van der Waals surface area contributed by atoms with Crippen molar-refractivity contribution in [2.75, 3.05) is 0 Å². The van der Waals surface area contributed by atoms with Crippen molar-refractivity contribution in [3.63, 3.8) is 0 Å². The van der Waals surface area contributed by atoms with E-state index in [1.807, 2.05) is 0 Å². The maximum atomic E-state index is 13.4. The number of carbonyl (C=O) groups excluding carboxylic acids is 1. The molecule has 1 aliphatic heterocycles. The second kappa shape index (κ2) is 7.68. The third kappa shape index (κ3) is 3.87. The third-order valence-electron chi connectivity index (χ3n) is 4.58. The van der Waals surface area contributed by atoms with Crippen molar-refractivity contribution >= 4 is 23.5 Å². The van der Waals surface area contributed by atoms with Gasteiger partial charge in [0.1, 0.15) is 29.7 Å². The van der Waals surface area contributed by atoms with Crippen molar-refractivity contribution in [1.82, 2.24) is 0 Å². The van der Waals surface area contributed by atoms with Gasteiger partial charge in [0.25, 0.3) is 0 Å². The fourth-order valence-electron chi connectivity index (χ4n) is 3.07. The predicted molar refractivity (Wildman–Crippen MR) is 106 cm³/mol. The standard InChI is InChI=1S/C23H15ClF2O3/c1-13-20(28-12-15-5-6-17(26)11-19(15)24)8-7-18-22(27)21(29-23(13)18)10-14-3-2-4-16(25)9-14/h2-11H,12H2,1H3/b21-10-. The molecule has 0 saturated heterocycles. The number of carbonyl (C=O) groups is 1. The summed E-state index contributed by atoms with van der Waals surface area (Å²) in [6, 6.07) is 13.3. The Kier molecular flexibility index (Phi) is 5.07. The van der Waals surface area contributed by atoms with Gasteiger partial charge in [0.05, 0.1) is 10.6 Å². The molecule has 0 saturated carbocycles. The zero-order valence-corrected chi connectivity index (χ0v) is 16.1. The molecule has 0 atom stereocenters. The van der Waals surface area contributed by atoms with Crippen LogP contribution in [0.5, 0.6) is 11.5 Å². The average Bonchev–Trinajstić information content (AvgIpc) is 2.99. The fraction of sp³-hybridized carbons (Fsp3) is 0.0870. The fourth-order valence-corrected chi connectivity index (χ4v) is 3.29. The van der Waals surface area contributed by atoms with Crippen LogP contribution in [0.4, 0.5) is 8.78 Å². The van der Waals surface area contributed by atoms with Gasteiger partial charge in [-0.1, -0.05) is 29.8 Å². The highest BCUT2D eigenvalue weighted by Gasteiger charge is 2.30. The summed E-state index contributed by atoms with van der Waals surface area (Å²) < 4.78 is 38.1. The molecule has 0 N–H and O–H groups in total. The van der Waals surface area contributed by atoms with E-state index in [1.165, 1.54) is 30.3 Å². The van der Waals surface area contributed by atoms with Crippen molar-refractivity contribution in [2.45, 2.75) is 13.5 Å². The molecule has 146 valence electrons. The Bertz CT molecular complexity index is 1150. The van der Waals surface area contributed by atoms with E-state index in [1.54, 1.807) is 37.3 Å². The maximum absolute atomic E-state index is 13.4. The molecule has 0 unspecified atom stereocenters. The number of fused-ring (bicyclic) bond motifs is 1. The molecule has 3 nitrogen and oxygen atoms in total. The van der Waals surface area contributed by atoms with Crippen LogP contribution in [-0.2, 0) is 6.61 Å². The van der Waals surface area contributed by atoms with Gasteiger partial charge >= 0.3 is 0 Å². The molecular formula is C23H15ClF2O3. The number of benzene rings is 3. The van der Waals surface area contributed by atoms with E-state index >= 15 is 0 Å². The van der Waals surface area contributed by atoms with Crippen LogP contribution in [-0.4, -0.2) is 5.78 Å². The normalized spacial score (nSPS) is 14.1. The molecule has 0 aromatic heterocycles. The molecule has 3 aromatic carbocycles. The second-order valence-electron chi connectivity index (χ2n) is 6.58. The number of Topliss-reactive ketones (excluding diaryl/α,β-unsaturated/α-hetero) is 1. The quantitative estimate of drug-likeness (QED) is 0.484. The molecule has 1 heterocycles. The number of halogens is 3. The highest BCUT2D eigenvalue weighted by Crippen LogP contribution is 2.39. The van der Waals surface area contributed by atoms with E-state index in [0.29, 0.717) is 33.8 Å². The van der Waals surface area contributed by atoms with Crippen LogP contribution in [0.2, 0.25) is 5.02 Å². The summed E-state index contributed by atoms with van der Waals surface area (Å²) in [6.45, 7) is 1.91. The molecule has 0 radical (unpaired) electrons. The summed E-state index contributed by atoms with van der Waals surface area (Å²) >= 11 is 6.03. The Hall–Kier alpha value is -3.18. The van der Waals surface area contributed by atoms with Crippen LogP contribution in [0.25, 0.3) is 6.08 Å². The summed E-state index contributed by atoms with van der Waals surface area (Å²) in [7, 11) is 0. The zero-order chi connectivity index (χ0) is 20.5. The summed E-state index contributed by atoms with van der Waals surface area (Å²) in [4.78, 5) is 12.6. The smallest absolute Gasteiger partial charge is 0.231 e. The minimum atomic E-state index is -0.419. The number of allylic oxidation sites excluding steroid dienone is 1. The van der Waals surface area contributed by atoms with Crippen LogP contribution in [0.1, 0.15) is 27.0 Å². The van der Waals surface area contributed by atoms with Gasteiger partial charge in [-0.25, -0.2) is 8.78 Å². The highest BCUT2D eigenvalue weighted by atomic mass is 35.5. The summed E-state index contributed by atoms with van der Waals surface area (Å²) in [5, 5.41) is 0.274. The number of ketones is 1. The molecule has 4 rings (SSSR count). The van der Waals surface area contributed by atoms with Gasteiger partial charge in [0.2, 0.25) is 5.78 Å². The van der Waals surface area contributed by atoms with Crippen LogP contribution in [0.3, 0.4) is 0 Å². The molecule has 0 spiro atoms. The van der Waals surface area contributed by atoms with Gasteiger partial charge in [-0.2, -0.15) is 0 Å². The topological polar surface area (TPSA) is 35.5 Å². The maximum Gasteiger partial charge on any atom is 0.231 e. The highest BCUT2D eigenvalue weighted by molar-refractivity contribution is 6.31. The lowest BCUT2D eigenvalue weighted by Crippen LogP contribution is -1.99. The van der Waals surface area contributed by atoms with Gasteiger partial charge in [-0.3, -0.25) is 4.79 Å². The number of hydrogen-bond donors (Lipinski definition) is 0. The second-order valence-corrected chi connectivity index (χ2v) is 6.99. The minimum Gasteiger partial charge on any atom is -0.488 e. The van der Waals surface area contributed by atoms with Crippen LogP contribution >= 0.6 is 11.6 Å². The van der Waals surface area contributed by atoms with Crippen LogP contribution < -0.4 is 9.47 Å². The Morgan fingerprint density at radius 1 is 1.07 bits per heavy atom. The summed E-state index contributed by atoms with van der Waals surface area (Å²) in [5.41, 5.74) is 2.23. The van der Waals surface area contributed by atoms with E-state index in [4.69, 9.17) is 21.1 Å². The van der Waals surface area contributed by atoms with Crippen LogP contribution in [0.15, 0.2) is 60.4 Å². The Labute approximate surface area is 171 Å². The van der Waals surface area contributed by atoms with E-state index in [9.17, 15) is 13.6 Å².